The van der Waals surface area contributed by atoms with Gasteiger partial charge in [0.05, 0.1) is 0 Å². The maximum atomic E-state index is 11.9. The van der Waals surface area contributed by atoms with Crippen molar-refractivity contribution in [2.45, 2.75) is 33.4 Å². The molecule has 2 rings (SSSR count). The third-order valence-corrected chi connectivity index (χ3v) is 3.86. The third-order valence-electron chi connectivity index (χ3n) is 3.86. The number of hydrogen-bond acceptors (Lipinski definition) is 2. The second-order valence-electron chi connectivity index (χ2n) is 5.77. The highest BCUT2D eigenvalue weighted by Crippen LogP contribution is 2.06. The fraction of sp³-hybridized carbons (Fsp3) is 0.300. The van der Waals surface area contributed by atoms with Crippen molar-refractivity contribution in [1.29, 1.82) is 0 Å². The Balaban J connectivity index is 1.81. The average molecular weight is 339 g/mol. The first-order valence-electron chi connectivity index (χ1n) is 8.59. The molecule has 0 atom stereocenters. The molecule has 2 aromatic rings. The molecule has 5 nitrogen and oxygen atoms in total. The van der Waals surface area contributed by atoms with E-state index >= 15 is 0 Å². The number of rotatable bonds is 7. The predicted octanol–water partition coefficient (Wildman–Crippen LogP) is 3.00. The second-order valence-corrected chi connectivity index (χ2v) is 5.77. The smallest absolute Gasteiger partial charge is 0.315 e. The number of carbonyl (C=O) groups excluding carboxylic acids is 2. The SMILES string of the molecule is CCNC(=O)c1cccc(CNC(=O)NCc2ccc(CC)cc2)c1. The van der Waals surface area contributed by atoms with Gasteiger partial charge in [-0.1, -0.05) is 43.3 Å². The summed E-state index contributed by atoms with van der Waals surface area (Å²) in [7, 11) is 0. The molecule has 0 heterocycles. The average Bonchev–Trinajstić information content (AvgIpc) is 2.65. The van der Waals surface area contributed by atoms with E-state index < -0.39 is 0 Å². The van der Waals surface area contributed by atoms with Gasteiger partial charge in [0.15, 0.2) is 0 Å². The van der Waals surface area contributed by atoms with Crippen LogP contribution < -0.4 is 16.0 Å². The largest absolute Gasteiger partial charge is 0.352 e. The maximum Gasteiger partial charge on any atom is 0.315 e. The lowest BCUT2D eigenvalue weighted by Crippen LogP contribution is -2.34. The number of hydrogen-bond donors (Lipinski definition) is 3. The minimum atomic E-state index is -0.233. The van der Waals surface area contributed by atoms with Crippen molar-refractivity contribution in [3.8, 4) is 0 Å². The van der Waals surface area contributed by atoms with Crippen LogP contribution in [-0.2, 0) is 19.5 Å². The van der Waals surface area contributed by atoms with Crippen LogP contribution in [-0.4, -0.2) is 18.5 Å². The van der Waals surface area contributed by atoms with E-state index in [1.807, 2.05) is 31.2 Å². The Morgan fingerprint density at radius 3 is 2.08 bits per heavy atom. The van der Waals surface area contributed by atoms with E-state index in [0.717, 1.165) is 17.5 Å². The Hall–Kier alpha value is -2.82. The summed E-state index contributed by atoms with van der Waals surface area (Å²) in [5.41, 5.74) is 3.81. The standard InChI is InChI=1S/C20H25N3O2/c1-3-15-8-10-16(11-9-15)13-22-20(25)23-14-17-6-5-7-18(12-17)19(24)21-4-2/h5-12H,3-4,13-14H2,1-2H3,(H,21,24)(H2,22,23,25). The molecular weight excluding hydrogens is 314 g/mol. The minimum absolute atomic E-state index is 0.107. The van der Waals surface area contributed by atoms with Gasteiger partial charge in [-0.25, -0.2) is 4.79 Å². The summed E-state index contributed by atoms with van der Waals surface area (Å²) in [4.78, 5) is 23.8. The molecule has 3 N–H and O–H groups in total. The number of amides is 3. The number of urea groups is 1. The summed E-state index contributed by atoms with van der Waals surface area (Å²) in [6.45, 7) is 5.43. The lowest BCUT2D eigenvalue weighted by atomic mass is 10.1. The van der Waals surface area contributed by atoms with Gasteiger partial charge in [0.2, 0.25) is 0 Å². The van der Waals surface area contributed by atoms with Gasteiger partial charge in [-0.05, 0) is 42.2 Å². The Morgan fingerprint density at radius 2 is 1.44 bits per heavy atom. The zero-order chi connectivity index (χ0) is 18.1. The lowest BCUT2D eigenvalue weighted by Gasteiger charge is -2.09. The van der Waals surface area contributed by atoms with Crippen molar-refractivity contribution in [2.24, 2.45) is 0 Å². The third kappa shape index (κ3) is 5.95. The van der Waals surface area contributed by atoms with E-state index in [-0.39, 0.29) is 11.9 Å². The molecule has 0 bridgehead atoms. The van der Waals surface area contributed by atoms with Crippen molar-refractivity contribution in [1.82, 2.24) is 16.0 Å². The van der Waals surface area contributed by atoms with E-state index in [9.17, 15) is 9.59 Å². The molecule has 0 saturated heterocycles. The van der Waals surface area contributed by atoms with Crippen LogP contribution in [0.25, 0.3) is 0 Å². The molecule has 132 valence electrons. The van der Waals surface area contributed by atoms with Crippen molar-refractivity contribution in [3.63, 3.8) is 0 Å². The Kier molecular flexibility index (Phi) is 7.01. The Morgan fingerprint density at radius 1 is 0.800 bits per heavy atom. The first-order valence-corrected chi connectivity index (χ1v) is 8.59. The highest BCUT2D eigenvalue weighted by Gasteiger charge is 2.06. The van der Waals surface area contributed by atoms with Crippen LogP contribution in [0.15, 0.2) is 48.5 Å². The van der Waals surface area contributed by atoms with Crippen LogP contribution in [0.5, 0.6) is 0 Å². The number of nitrogens with one attached hydrogen (secondary N) is 3. The molecule has 0 aliphatic heterocycles. The molecular formula is C20H25N3O2. The van der Waals surface area contributed by atoms with Gasteiger partial charge in [-0.2, -0.15) is 0 Å². The van der Waals surface area contributed by atoms with E-state index in [1.165, 1.54) is 5.56 Å². The van der Waals surface area contributed by atoms with Crippen molar-refractivity contribution in [2.75, 3.05) is 6.54 Å². The molecule has 0 spiro atoms. The highest BCUT2D eigenvalue weighted by atomic mass is 16.2. The summed E-state index contributed by atoms with van der Waals surface area (Å²) in [5, 5.41) is 8.41. The van der Waals surface area contributed by atoms with Gasteiger partial charge >= 0.3 is 6.03 Å². The fourth-order valence-electron chi connectivity index (χ4n) is 2.41. The van der Waals surface area contributed by atoms with E-state index in [1.54, 1.807) is 12.1 Å². The quantitative estimate of drug-likeness (QED) is 0.726. The first-order chi connectivity index (χ1) is 12.1. The highest BCUT2D eigenvalue weighted by molar-refractivity contribution is 5.94. The molecule has 0 aliphatic carbocycles. The summed E-state index contributed by atoms with van der Waals surface area (Å²) in [5.74, 6) is -0.107. The van der Waals surface area contributed by atoms with Gasteiger partial charge in [0.1, 0.15) is 0 Å². The van der Waals surface area contributed by atoms with Crippen LogP contribution in [0.3, 0.4) is 0 Å². The van der Waals surface area contributed by atoms with Crippen LogP contribution in [0.1, 0.15) is 40.9 Å². The zero-order valence-electron chi connectivity index (χ0n) is 14.8. The summed E-state index contributed by atoms with van der Waals surface area (Å²) in [6.07, 6.45) is 1.00. The van der Waals surface area contributed by atoms with Gasteiger partial charge in [-0.15, -0.1) is 0 Å². The topological polar surface area (TPSA) is 70.2 Å². The fourth-order valence-corrected chi connectivity index (χ4v) is 2.41. The summed E-state index contributed by atoms with van der Waals surface area (Å²) >= 11 is 0. The van der Waals surface area contributed by atoms with E-state index in [0.29, 0.717) is 25.2 Å². The minimum Gasteiger partial charge on any atom is -0.352 e. The summed E-state index contributed by atoms with van der Waals surface area (Å²) in [6, 6.07) is 15.2. The maximum absolute atomic E-state index is 11.9. The monoisotopic (exact) mass is 339 g/mol. The number of benzene rings is 2. The first kappa shape index (κ1) is 18.5. The molecule has 0 saturated carbocycles. The van der Waals surface area contributed by atoms with Crippen molar-refractivity contribution < 1.29 is 9.59 Å². The van der Waals surface area contributed by atoms with Crippen LogP contribution in [0, 0.1) is 0 Å². The van der Waals surface area contributed by atoms with Crippen LogP contribution in [0.2, 0.25) is 0 Å². The molecule has 0 aliphatic rings. The van der Waals surface area contributed by atoms with Crippen molar-refractivity contribution in [3.05, 3.63) is 70.8 Å². The lowest BCUT2D eigenvalue weighted by molar-refractivity contribution is 0.0955. The molecule has 0 unspecified atom stereocenters. The molecule has 5 heteroatoms. The Bertz CT molecular complexity index is 711. The van der Waals surface area contributed by atoms with Crippen LogP contribution >= 0.6 is 0 Å². The van der Waals surface area contributed by atoms with Crippen LogP contribution in [0.4, 0.5) is 4.79 Å². The number of aryl methyl sites for hydroxylation is 1. The molecule has 0 aromatic heterocycles. The molecule has 2 aromatic carbocycles. The molecule has 3 amide bonds. The molecule has 25 heavy (non-hydrogen) atoms. The normalized spacial score (nSPS) is 10.2. The van der Waals surface area contributed by atoms with Crippen molar-refractivity contribution >= 4 is 11.9 Å². The zero-order valence-corrected chi connectivity index (χ0v) is 14.8. The van der Waals surface area contributed by atoms with Gasteiger partial charge in [0, 0.05) is 25.2 Å². The van der Waals surface area contributed by atoms with E-state index in [2.05, 4.69) is 35.0 Å². The summed E-state index contributed by atoms with van der Waals surface area (Å²) < 4.78 is 0. The van der Waals surface area contributed by atoms with Gasteiger partial charge < -0.3 is 16.0 Å². The second kappa shape index (κ2) is 9.47. The van der Waals surface area contributed by atoms with Gasteiger partial charge in [-0.3, -0.25) is 4.79 Å². The van der Waals surface area contributed by atoms with Gasteiger partial charge in [0.25, 0.3) is 5.91 Å². The Labute approximate surface area is 148 Å². The molecule has 0 fully saturated rings. The number of carbonyl (C=O) groups is 2. The molecule has 0 radical (unpaired) electrons. The predicted molar refractivity (Wildman–Crippen MR) is 99.3 cm³/mol. The van der Waals surface area contributed by atoms with E-state index in [4.69, 9.17) is 0 Å².